The molecule has 358 valence electrons. The average molecular weight is 971 g/mol. The first-order valence-corrected chi connectivity index (χ1v) is 26.1. The Hall–Kier alpha value is -9.96. The largest absolute Gasteiger partial charge is 0.456 e. The Morgan fingerprint density at radius 1 is 0.289 bits per heavy atom. The molecule has 0 spiro atoms. The number of fused-ring (bicyclic) bond motifs is 6. The summed E-state index contributed by atoms with van der Waals surface area (Å²) < 4.78 is 8.83. The van der Waals surface area contributed by atoms with Crippen molar-refractivity contribution in [2.75, 3.05) is 4.90 Å². The monoisotopic (exact) mass is 970 g/mol. The van der Waals surface area contributed by atoms with Crippen LogP contribution in [0.4, 0.5) is 11.4 Å². The summed E-state index contributed by atoms with van der Waals surface area (Å²) in [6.07, 6.45) is 0. The molecule has 0 fully saturated rings. The van der Waals surface area contributed by atoms with Gasteiger partial charge in [-0.05, 0) is 133 Å². The fraction of sp³-hybridized carbons (Fsp3) is 0.0137. The molecule has 0 saturated heterocycles. The molecule has 2 aromatic heterocycles. The van der Waals surface area contributed by atoms with Crippen LogP contribution in [-0.2, 0) is 6.54 Å². The first-order valence-electron chi connectivity index (χ1n) is 26.1. The maximum absolute atomic E-state index is 6.40. The van der Waals surface area contributed by atoms with Gasteiger partial charge in [0, 0.05) is 34.1 Å². The number of nitrogens with zero attached hydrogens (tertiary/aromatic N) is 2. The van der Waals surface area contributed by atoms with E-state index in [1.165, 1.54) is 83.1 Å². The first-order chi connectivity index (χ1) is 37.7. The highest BCUT2D eigenvalue weighted by atomic mass is 16.3. The van der Waals surface area contributed by atoms with Gasteiger partial charge in [0.2, 0.25) is 0 Å². The molecule has 14 aromatic rings. The van der Waals surface area contributed by atoms with Gasteiger partial charge in [-0.3, -0.25) is 0 Å². The van der Waals surface area contributed by atoms with Crippen LogP contribution in [0.25, 0.3) is 116 Å². The average Bonchev–Trinajstić information content (AvgIpc) is 4.18. The number of aromatic nitrogens is 1. The molecule has 0 bridgehead atoms. The summed E-state index contributed by atoms with van der Waals surface area (Å²) in [5.74, 6) is 0. The van der Waals surface area contributed by atoms with Gasteiger partial charge in [-0.25, -0.2) is 0 Å². The molecule has 0 aliphatic rings. The fourth-order valence-corrected chi connectivity index (χ4v) is 11.4. The number of furan rings is 1. The van der Waals surface area contributed by atoms with E-state index in [1.54, 1.807) is 0 Å². The third-order valence-corrected chi connectivity index (χ3v) is 15.2. The van der Waals surface area contributed by atoms with Crippen LogP contribution >= 0.6 is 0 Å². The molecule has 0 saturated carbocycles. The van der Waals surface area contributed by atoms with Crippen molar-refractivity contribution >= 4 is 55.1 Å². The number of benzene rings is 12. The Morgan fingerprint density at radius 2 is 0.711 bits per heavy atom. The SMILES string of the molecule is c1ccc(-c2ccc(-c3ccc(N(Cc4ccccc4-c4cccc(-c5cccc6c5c5ccccc5n6-c5cccc6oc7ccccc7c56)c4)c4ccc(-c5ccc(-c6ccccc6)cc5)cc4)cc3)cc2)cc1. The van der Waals surface area contributed by atoms with Crippen LogP contribution in [0, 0.1) is 0 Å². The highest BCUT2D eigenvalue weighted by molar-refractivity contribution is 6.18. The molecule has 0 unspecified atom stereocenters. The molecule has 0 amide bonds. The maximum Gasteiger partial charge on any atom is 0.137 e. The van der Waals surface area contributed by atoms with Gasteiger partial charge in [0.05, 0.1) is 22.1 Å². The standard InChI is InChI=1S/C73H50N2O/c1-3-16-50(17-4-1)52-32-36-54(37-33-52)56-40-44-61(45-41-56)74(62-46-42-57(43-47-62)55-38-34-53(35-39-55)51-18-5-2-6-19-51)49-60-20-7-8-23-63(60)58-21-13-22-59(48-58)64-26-14-28-68-72(64)65-24-9-11-27-67(65)75(68)69-29-15-31-71-73(69)66-25-10-12-30-70(66)76-71/h1-48H,49H2. The molecule has 0 N–H and O–H groups in total. The molecule has 2 heterocycles. The van der Waals surface area contributed by atoms with Crippen LogP contribution in [0.5, 0.6) is 0 Å². The van der Waals surface area contributed by atoms with E-state index in [0.717, 1.165) is 50.0 Å². The predicted octanol–water partition coefficient (Wildman–Crippen LogP) is 20.0. The van der Waals surface area contributed by atoms with E-state index in [9.17, 15) is 0 Å². The summed E-state index contributed by atoms with van der Waals surface area (Å²) >= 11 is 0. The van der Waals surface area contributed by atoms with E-state index >= 15 is 0 Å². The highest BCUT2D eigenvalue weighted by Crippen LogP contribution is 2.43. The van der Waals surface area contributed by atoms with Gasteiger partial charge < -0.3 is 13.9 Å². The molecule has 3 nitrogen and oxygen atoms in total. The third-order valence-electron chi connectivity index (χ3n) is 15.2. The molecule has 0 atom stereocenters. The van der Waals surface area contributed by atoms with Crippen molar-refractivity contribution in [2.45, 2.75) is 6.54 Å². The van der Waals surface area contributed by atoms with Gasteiger partial charge in [0.25, 0.3) is 0 Å². The molecule has 76 heavy (non-hydrogen) atoms. The Morgan fingerprint density at radius 3 is 1.33 bits per heavy atom. The van der Waals surface area contributed by atoms with Crippen LogP contribution in [0.3, 0.4) is 0 Å². The van der Waals surface area contributed by atoms with Crippen molar-refractivity contribution in [1.29, 1.82) is 0 Å². The zero-order chi connectivity index (χ0) is 50.4. The lowest BCUT2D eigenvalue weighted by atomic mass is 9.93. The fourth-order valence-electron chi connectivity index (χ4n) is 11.4. The Labute approximate surface area is 442 Å². The third kappa shape index (κ3) is 8.12. The van der Waals surface area contributed by atoms with Gasteiger partial charge in [-0.2, -0.15) is 0 Å². The van der Waals surface area contributed by atoms with Crippen LogP contribution in [0.2, 0.25) is 0 Å². The van der Waals surface area contributed by atoms with Gasteiger partial charge in [0.1, 0.15) is 11.2 Å². The van der Waals surface area contributed by atoms with Crippen LogP contribution < -0.4 is 4.90 Å². The lowest BCUT2D eigenvalue weighted by molar-refractivity contribution is 0.669. The first kappa shape index (κ1) is 44.7. The zero-order valence-electron chi connectivity index (χ0n) is 41.7. The molecular weight excluding hydrogens is 921 g/mol. The Balaban J connectivity index is 0.833. The van der Waals surface area contributed by atoms with E-state index in [2.05, 4.69) is 295 Å². The highest BCUT2D eigenvalue weighted by Gasteiger charge is 2.21. The zero-order valence-corrected chi connectivity index (χ0v) is 41.7. The van der Waals surface area contributed by atoms with Crippen LogP contribution in [0.1, 0.15) is 5.56 Å². The second-order valence-corrected chi connectivity index (χ2v) is 19.6. The van der Waals surface area contributed by atoms with Gasteiger partial charge in [-0.1, -0.05) is 231 Å². The minimum absolute atomic E-state index is 0.661. The molecule has 3 heteroatoms. The minimum Gasteiger partial charge on any atom is -0.456 e. The molecule has 0 radical (unpaired) electrons. The number of para-hydroxylation sites is 2. The van der Waals surface area contributed by atoms with Crippen molar-refractivity contribution in [3.8, 4) is 72.4 Å². The molecular formula is C73H50N2O. The van der Waals surface area contributed by atoms with E-state index in [0.29, 0.717) is 6.54 Å². The van der Waals surface area contributed by atoms with Crippen LogP contribution in [-0.4, -0.2) is 4.57 Å². The van der Waals surface area contributed by atoms with E-state index in [1.807, 2.05) is 6.07 Å². The molecule has 0 aliphatic heterocycles. The van der Waals surface area contributed by atoms with Crippen molar-refractivity contribution in [3.63, 3.8) is 0 Å². The lowest BCUT2D eigenvalue weighted by Gasteiger charge is -2.27. The summed E-state index contributed by atoms with van der Waals surface area (Å²) in [6, 6.07) is 105. The summed E-state index contributed by atoms with van der Waals surface area (Å²) in [5.41, 5.74) is 23.0. The summed E-state index contributed by atoms with van der Waals surface area (Å²) in [4.78, 5) is 2.45. The summed E-state index contributed by atoms with van der Waals surface area (Å²) in [7, 11) is 0. The lowest BCUT2D eigenvalue weighted by Crippen LogP contribution is -2.17. The smallest absolute Gasteiger partial charge is 0.137 e. The number of hydrogen-bond acceptors (Lipinski definition) is 2. The number of anilines is 2. The maximum atomic E-state index is 6.40. The topological polar surface area (TPSA) is 21.3 Å². The Bertz CT molecular complexity index is 4250. The Kier molecular flexibility index (Phi) is 11.3. The summed E-state index contributed by atoms with van der Waals surface area (Å²) in [5, 5.41) is 4.67. The number of hydrogen-bond donors (Lipinski definition) is 0. The molecule has 12 aromatic carbocycles. The van der Waals surface area contributed by atoms with Crippen molar-refractivity contribution in [2.24, 2.45) is 0 Å². The van der Waals surface area contributed by atoms with E-state index in [-0.39, 0.29) is 0 Å². The second-order valence-electron chi connectivity index (χ2n) is 19.6. The van der Waals surface area contributed by atoms with E-state index in [4.69, 9.17) is 4.42 Å². The van der Waals surface area contributed by atoms with Gasteiger partial charge >= 0.3 is 0 Å². The minimum atomic E-state index is 0.661. The van der Waals surface area contributed by atoms with Gasteiger partial charge in [-0.15, -0.1) is 0 Å². The normalized spacial score (nSPS) is 11.5. The molecule has 0 aliphatic carbocycles. The summed E-state index contributed by atoms with van der Waals surface area (Å²) in [6.45, 7) is 0.661. The second kappa shape index (κ2) is 19.1. The molecule has 14 rings (SSSR count). The van der Waals surface area contributed by atoms with Crippen molar-refractivity contribution < 1.29 is 4.42 Å². The number of rotatable bonds is 11. The van der Waals surface area contributed by atoms with Crippen molar-refractivity contribution in [3.05, 3.63) is 297 Å². The quantitative estimate of drug-likeness (QED) is 0.129. The van der Waals surface area contributed by atoms with Gasteiger partial charge in [0.15, 0.2) is 0 Å². The predicted molar refractivity (Wildman–Crippen MR) is 319 cm³/mol. The van der Waals surface area contributed by atoms with Crippen LogP contribution in [0.15, 0.2) is 296 Å². The van der Waals surface area contributed by atoms with Crippen molar-refractivity contribution in [1.82, 2.24) is 4.57 Å². The van der Waals surface area contributed by atoms with E-state index < -0.39 is 0 Å².